The number of carboxylic acid groups (broad SMARTS) is 1. The van der Waals surface area contributed by atoms with Gasteiger partial charge in [0.15, 0.2) is 0 Å². The zero-order chi connectivity index (χ0) is 8.78. The Hall–Kier alpha value is -0.181. The molecule has 0 spiro atoms. The Labute approximate surface area is 73.1 Å². The van der Waals surface area contributed by atoms with Gasteiger partial charge in [0.1, 0.15) is 6.61 Å². The van der Waals surface area contributed by atoms with Gasteiger partial charge in [0.05, 0.1) is 0 Å². The molecule has 0 aromatic rings. The van der Waals surface area contributed by atoms with E-state index in [9.17, 15) is 0 Å². The molecule has 0 atom stereocenters. The largest absolute Gasteiger partial charge is 2.00 e. The topological polar surface area (TPSA) is 138 Å². The van der Waals surface area contributed by atoms with E-state index >= 15 is 0 Å². The third-order valence-electron chi connectivity index (χ3n) is 0.135. The Morgan fingerprint density at radius 2 is 1.45 bits per heavy atom. The van der Waals surface area contributed by atoms with Crippen molar-refractivity contribution in [3.8, 4) is 0 Å². The van der Waals surface area contributed by atoms with Gasteiger partial charge in [0.2, 0.25) is 0 Å². The maximum Gasteiger partial charge on any atom is 2.00 e. The summed E-state index contributed by atoms with van der Waals surface area (Å²) < 4.78 is 34.1. The van der Waals surface area contributed by atoms with Crippen molar-refractivity contribution in [2.45, 2.75) is 0 Å². The SMILES string of the molecule is O=C(O)CO.O=S(=O)([O-])[O-].[Fe+2]. The molecule has 0 aliphatic heterocycles. The van der Waals surface area contributed by atoms with Crippen LogP contribution in [0.1, 0.15) is 0 Å². The van der Waals surface area contributed by atoms with Crippen molar-refractivity contribution in [2.75, 3.05) is 6.61 Å². The summed E-state index contributed by atoms with van der Waals surface area (Å²) in [6.07, 6.45) is 0. The first-order valence-corrected chi connectivity index (χ1v) is 3.10. The van der Waals surface area contributed by atoms with Gasteiger partial charge < -0.3 is 19.3 Å². The summed E-state index contributed by atoms with van der Waals surface area (Å²) in [5, 5.41) is 15.0. The van der Waals surface area contributed by atoms with Gasteiger partial charge in [0, 0.05) is 10.4 Å². The molecule has 7 nitrogen and oxygen atoms in total. The van der Waals surface area contributed by atoms with Gasteiger partial charge in [-0.2, -0.15) is 0 Å². The van der Waals surface area contributed by atoms with Gasteiger partial charge in [-0.3, -0.25) is 8.42 Å². The molecule has 0 aliphatic rings. The van der Waals surface area contributed by atoms with Crippen molar-refractivity contribution in [3.05, 3.63) is 0 Å². The van der Waals surface area contributed by atoms with Gasteiger partial charge in [-0.25, -0.2) is 4.79 Å². The summed E-state index contributed by atoms with van der Waals surface area (Å²) in [4.78, 5) is 9.12. The second kappa shape index (κ2) is 7.92. The molecule has 11 heavy (non-hydrogen) atoms. The number of hydrogen-bond donors (Lipinski definition) is 2. The number of aliphatic hydroxyl groups excluding tert-OH is 1. The van der Waals surface area contributed by atoms with E-state index in [1.807, 2.05) is 0 Å². The van der Waals surface area contributed by atoms with E-state index in [1.54, 1.807) is 0 Å². The van der Waals surface area contributed by atoms with Crippen LogP contribution < -0.4 is 0 Å². The molecule has 0 saturated carbocycles. The third kappa shape index (κ3) is 181. The van der Waals surface area contributed by atoms with Crippen molar-refractivity contribution < 1.29 is 49.6 Å². The van der Waals surface area contributed by atoms with E-state index < -0.39 is 23.0 Å². The van der Waals surface area contributed by atoms with Crippen LogP contribution in [-0.2, 0) is 32.3 Å². The Bertz CT molecular complexity index is 175. The van der Waals surface area contributed by atoms with Crippen molar-refractivity contribution in [1.29, 1.82) is 0 Å². The fourth-order valence-electron chi connectivity index (χ4n) is 0. The summed E-state index contributed by atoms with van der Waals surface area (Å²) in [7, 11) is -5.17. The van der Waals surface area contributed by atoms with E-state index in [4.69, 9.17) is 32.5 Å². The van der Waals surface area contributed by atoms with Crippen molar-refractivity contribution in [2.24, 2.45) is 0 Å². The van der Waals surface area contributed by atoms with E-state index in [0.717, 1.165) is 0 Å². The van der Waals surface area contributed by atoms with Gasteiger partial charge in [-0.05, 0) is 0 Å². The van der Waals surface area contributed by atoms with E-state index in [2.05, 4.69) is 0 Å². The van der Waals surface area contributed by atoms with Crippen LogP contribution in [0.25, 0.3) is 0 Å². The third-order valence-corrected chi connectivity index (χ3v) is 0.135. The van der Waals surface area contributed by atoms with Crippen LogP contribution in [0.5, 0.6) is 0 Å². The molecule has 0 amide bonds. The molecule has 0 radical (unpaired) electrons. The molecule has 0 aromatic heterocycles. The van der Waals surface area contributed by atoms with Crippen LogP contribution in [0.3, 0.4) is 0 Å². The standard InChI is InChI=1S/C2H4O3.Fe.H2O4S/c3-1-2(4)5;;1-5(2,3)4/h3H,1H2,(H,4,5);;(H2,1,2,3,4)/q;+2;/p-2. The van der Waals surface area contributed by atoms with Crippen LogP contribution in [-0.4, -0.2) is 40.3 Å². The Morgan fingerprint density at radius 1 is 1.36 bits per heavy atom. The summed E-state index contributed by atoms with van der Waals surface area (Å²) >= 11 is 0. The predicted octanol–water partition coefficient (Wildman–Crippen LogP) is -2.28. The quantitative estimate of drug-likeness (QED) is 0.293. The summed E-state index contributed by atoms with van der Waals surface area (Å²) in [6, 6.07) is 0. The van der Waals surface area contributed by atoms with Crippen LogP contribution in [0, 0.1) is 0 Å². The first-order valence-electron chi connectivity index (χ1n) is 1.76. The monoisotopic (exact) mass is 228 g/mol. The molecular formula is C2H4FeO7S. The minimum absolute atomic E-state index is 0. The van der Waals surface area contributed by atoms with Gasteiger partial charge in [-0.1, -0.05) is 0 Å². The second-order valence-electron chi connectivity index (χ2n) is 0.960. The first kappa shape index (κ1) is 17.1. The van der Waals surface area contributed by atoms with Crippen LogP contribution in [0.2, 0.25) is 0 Å². The number of carboxylic acids is 1. The summed E-state index contributed by atoms with van der Waals surface area (Å²) in [5.74, 6) is -1.19. The average molecular weight is 228 g/mol. The number of aliphatic carboxylic acids is 1. The molecule has 2 N–H and O–H groups in total. The molecular weight excluding hydrogens is 224 g/mol. The fraction of sp³-hybridized carbons (Fsp3) is 0.500. The smallest absolute Gasteiger partial charge is 0.759 e. The molecule has 0 heterocycles. The van der Waals surface area contributed by atoms with E-state index in [1.165, 1.54) is 0 Å². The predicted molar refractivity (Wildman–Crippen MR) is 25.2 cm³/mol. The second-order valence-corrected chi connectivity index (χ2v) is 1.78. The molecule has 0 fully saturated rings. The number of aliphatic hydroxyl groups is 1. The fourth-order valence-corrected chi connectivity index (χ4v) is 0. The maximum atomic E-state index is 9.12. The van der Waals surface area contributed by atoms with E-state index in [0.29, 0.717) is 0 Å². The molecule has 0 aliphatic carbocycles. The molecule has 0 aromatic carbocycles. The number of carbonyl (C=O) groups is 1. The number of rotatable bonds is 1. The molecule has 0 bridgehead atoms. The molecule has 9 heteroatoms. The van der Waals surface area contributed by atoms with E-state index in [-0.39, 0.29) is 17.1 Å². The molecule has 0 rings (SSSR count). The van der Waals surface area contributed by atoms with Crippen molar-refractivity contribution in [3.63, 3.8) is 0 Å². The molecule has 0 unspecified atom stereocenters. The van der Waals surface area contributed by atoms with Crippen molar-refractivity contribution in [1.82, 2.24) is 0 Å². The first-order chi connectivity index (χ1) is 4.27. The zero-order valence-corrected chi connectivity index (χ0v) is 6.83. The zero-order valence-electron chi connectivity index (χ0n) is 4.90. The van der Waals surface area contributed by atoms with Gasteiger partial charge in [-0.15, -0.1) is 0 Å². The van der Waals surface area contributed by atoms with Crippen molar-refractivity contribution >= 4 is 16.4 Å². The molecule has 68 valence electrons. The average Bonchev–Trinajstić information content (AvgIpc) is 1.61. The minimum Gasteiger partial charge on any atom is -0.759 e. The Morgan fingerprint density at radius 3 is 1.45 bits per heavy atom. The Balaban J connectivity index is -0.000000107. The summed E-state index contributed by atoms with van der Waals surface area (Å²) in [5.41, 5.74) is 0. The van der Waals surface area contributed by atoms with Crippen LogP contribution in [0.15, 0.2) is 0 Å². The van der Waals surface area contributed by atoms with Gasteiger partial charge in [0.25, 0.3) is 0 Å². The summed E-state index contributed by atoms with van der Waals surface area (Å²) in [6.45, 7) is -0.778. The van der Waals surface area contributed by atoms with Crippen LogP contribution in [0.4, 0.5) is 0 Å². The molecule has 0 saturated heterocycles. The normalized spacial score (nSPS) is 8.64. The minimum atomic E-state index is -5.17. The van der Waals surface area contributed by atoms with Gasteiger partial charge >= 0.3 is 23.0 Å². The maximum absolute atomic E-state index is 9.12. The Kier molecular flexibility index (Phi) is 12.3. The number of hydrogen-bond acceptors (Lipinski definition) is 6. The van der Waals surface area contributed by atoms with Crippen LogP contribution >= 0.6 is 0 Å².